The normalized spacial score (nSPS) is 19.7. The van der Waals surface area contributed by atoms with E-state index in [0.717, 1.165) is 76.5 Å². The van der Waals surface area contributed by atoms with E-state index in [4.69, 9.17) is 15.2 Å². The number of benzene rings is 1. The van der Waals surface area contributed by atoms with Crippen LogP contribution in [-0.4, -0.2) is 59.6 Å². The van der Waals surface area contributed by atoms with Gasteiger partial charge < -0.3 is 30.7 Å². The molecule has 26 heavy (non-hydrogen) atoms. The number of nitrogens with two attached hydrogens (primary N) is 1. The maximum absolute atomic E-state index is 6.36. The van der Waals surface area contributed by atoms with Gasteiger partial charge in [-0.1, -0.05) is 0 Å². The second kappa shape index (κ2) is 9.44. The van der Waals surface area contributed by atoms with Crippen LogP contribution in [0.5, 0.6) is 5.75 Å². The van der Waals surface area contributed by atoms with Gasteiger partial charge in [0.15, 0.2) is 0 Å². The van der Waals surface area contributed by atoms with Crippen molar-refractivity contribution >= 4 is 11.4 Å². The number of hydrogen-bond donors (Lipinski definition) is 3. The number of hydrogen-bond acceptors (Lipinski definition) is 6. The predicted octanol–water partition coefficient (Wildman–Crippen LogP) is 1.95. The van der Waals surface area contributed by atoms with E-state index in [9.17, 15) is 0 Å². The number of nitrogen functional groups attached to an aromatic ring is 1. The number of nitrogens with one attached hydrogen (secondary N) is 2. The second-order valence-corrected chi connectivity index (χ2v) is 7.36. The lowest BCUT2D eigenvalue weighted by Gasteiger charge is -2.35. The van der Waals surface area contributed by atoms with Crippen molar-refractivity contribution in [2.45, 2.75) is 37.6 Å². The fourth-order valence-electron chi connectivity index (χ4n) is 4.10. The van der Waals surface area contributed by atoms with Gasteiger partial charge in [-0.05, 0) is 50.3 Å². The first-order valence-electron chi connectivity index (χ1n) is 9.91. The van der Waals surface area contributed by atoms with Crippen LogP contribution in [0.3, 0.4) is 0 Å². The average molecular weight is 363 g/mol. The molecule has 0 amide bonds. The molecule has 2 aliphatic rings. The monoisotopic (exact) mass is 362 g/mol. The van der Waals surface area contributed by atoms with Gasteiger partial charge in [0.1, 0.15) is 5.75 Å². The Labute approximate surface area is 157 Å². The van der Waals surface area contributed by atoms with Gasteiger partial charge in [0.25, 0.3) is 0 Å². The van der Waals surface area contributed by atoms with Crippen LogP contribution in [0.4, 0.5) is 11.4 Å². The summed E-state index contributed by atoms with van der Waals surface area (Å²) in [4.78, 5) is 2.46. The van der Waals surface area contributed by atoms with Crippen molar-refractivity contribution in [1.82, 2.24) is 10.6 Å². The summed E-state index contributed by atoms with van der Waals surface area (Å²) in [6, 6.07) is 4.89. The number of anilines is 2. The van der Waals surface area contributed by atoms with Crippen LogP contribution >= 0.6 is 0 Å². The first-order chi connectivity index (χ1) is 12.7. The lowest BCUT2D eigenvalue weighted by molar-refractivity contribution is 0.0855. The molecule has 1 aromatic rings. The Morgan fingerprint density at radius 2 is 1.88 bits per heavy atom. The fraction of sp³-hybridized carbons (Fsp3) is 0.700. The van der Waals surface area contributed by atoms with Crippen molar-refractivity contribution in [3.05, 3.63) is 17.7 Å². The van der Waals surface area contributed by atoms with Crippen molar-refractivity contribution in [2.75, 3.05) is 64.2 Å². The van der Waals surface area contributed by atoms with Gasteiger partial charge >= 0.3 is 0 Å². The van der Waals surface area contributed by atoms with Gasteiger partial charge in [-0.15, -0.1) is 0 Å². The van der Waals surface area contributed by atoms with Crippen molar-refractivity contribution < 1.29 is 9.47 Å². The van der Waals surface area contributed by atoms with Crippen molar-refractivity contribution in [2.24, 2.45) is 0 Å². The van der Waals surface area contributed by atoms with Crippen LogP contribution < -0.4 is 26.0 Å². The number of piperidine rings is 1. The molecule has 3 rings (SSSR count). The molecular formula is C20H34N4O2. The molecule has 6 nitrogen and oxygen atoms in total. The summed E-state index contributed by atoms with van der Waals surface area (Å²) in [6.45, 7) is 5.79. The lowest BCUT2D eigenvalue weighted by atomic mass is 9.89. The van der Waals surface area contributed by atoms with Crippen LogP contribution in [0, 0.1) is 0 Å². The van der Waals surface area contributed by atoms with Gasteiger partial charge in [-0.2, -0.15) is 0 Å². The summed E-state index contributed by atoms with van der Waals surface area (Å²) in [5.74, 6) is 1.38. The number of rotatable bonds is 7. The largest absolute Gasteiger partial charge is 0.495 e. The maximum atomic E-state index is 6.36. The molecule has 0 spiro atoms. The third-order valence-electron chi connectivity index (χ3n) is 5.69. The minimum atomic E-state index is 0.495. The van der Waals surface area contributed by atoms with E-state index in [2.05, 4.69) is 21.6 Å². The zero-order valence-corrected chi connectivity index (χ0v) is 16.2. The molecule has 2 heterocycles. The molecule has 4 N–H and O–H groups in total. The minimum absolute atomic E-state index is 0.495. The van der Waals surface area contributed by atoms with Crippen LogP contribution in [0.15, 0.2) is 12.1 Å². The van der Waals surface area contributed by atoms with Crippen LogP contribution in [0.1, 0.15) is 37.2 Å². The van der Waals surface area contributed by atoms with E-state index in [1.54, 1.807) is 7.11 Å². The third-order valence-corrected chi connectivity index (χ3v) is 5.69. The van der Waals surface area contributed by atoms with Crippen molar-refractivity contribution in [3.8, 4) is 5.75 Å². The molecule has 2 aliphatic heterocycles. The Bertz CT molecular complexity index is 567. The van der Waals surface area contributed by atoms with Gasteiger partial charge in [-0.3, -0.25) is 0 Å². The van der Waals surface area contributed by atoms with Gasteiger partial charge in [-0.25, -0.2) is 0 Å². The molecule has 0 aromatic heterocycles. The summed E-state index contributed by atoms with van der Waals surface area (Å²) in [5.41, 5.74) is 9.66. The second-order valence-electron chi connectivity index (χ2n) is 7.36. The Balaban J connectivity index is 1.70. The molecule has 2 saturated heterocycles. The van der Waals surface area contributed by atoms with Gasteiger partial charge in [0.2, 0.25) is 0 Å². The van der Waals surface area contributed by atoms with Crippen LogP contribution in [0.2, 0.25) is 0 Å². The zero-order valence-electron chi connectivity index (χ0n) is 16.2. The number of ether oxygens (including phenoxy) is 2. The summed E-state index contributed by atoms with van der Waals surface area (Å²) >= 11 is 0. The first-order valence-corrected chi connectivity index (χ1v) is 9.91. The van der Waals surface area contributed by atoms with Gasteiger partial charge in [0, 0.05) is 57.2 Å². The molecule has 0 bridgehead atoms. The summed E-state index contributed by atoms with van der Waals surface area (Å²) in [6.07, 6.45) is 4.41. The molecule has 0 unspecified atom stereocenters. The highest BCUT2D eigenvalue weighted by Crippen LogP contribution is 2.40. The van der Waals surface area contributed by atoms with E-state index in [-0.39, 0.29) is 0 Å². The van der Waals surface area contributed by atoms with E-state index < -0.39 is 0 Å². The number of nitrogens with zero attached hydrogens (tertiary/aromatic N) is 1. The first kappa shape index (κ1) is 19.3. The van der Waals surface area contributed by atoms with Gasteiger partial charge in [0.05, 0.1) is 12.8 Å². The van der Waals surface area contributed by atoms with E-state index in [0.29, 0.717) is 12.0 Å². The molecule has 0 radical (unpaired) electrons. The third kappa shape index (κ3) is 4.61. The van der Waals surface area contributed by atoms with E-state index in [1.165, 1.54) is 11.3 Å². The summed E-state index contributed by atoms with van der Waals surface area (Å²) in [7, 11) is 3.73. The van der Waals surface area contributed by atoms with Crippen LogP contribution in [-0.2, 0) is 4.74 Å². The molecule has 0 aliphatic carbocycles. The zero-order chi connectivity index (χ0) is 18.4. The minimum Gasteiger partial charge on any atom is -0.495 e. The Kier molecular flexibility index (Phi) is 7.00. The Morgan fingerprint density at radius 3 is 2.54 bits per heavy atom. The molecule has 1 aromatic carbocycles. The van der Waals surface area contributed by atoms with Crippen LogP contribution in [0.25, 0.3) is 0 Å². The summed E-state index contributed by atoms with van der Waals surface area (Å²) in [5, 5.41) is 6.83. The van der Waals surface area contributed by atoms with Crippen molar-refractivity contribution in [1.29, 1.82) is 0 Å². The number of likely N-dealkylation sites (N-methyl/N-ethyl adjacent to an activating group) is 1. The van der Waals surface area contributed by atoms with E-state index >= 15 is 0 Å². The van der Waals surface area contributed by atoms with Crippen molar-refractivity contribution in [3.63, 3.8) is 0 Å². The Hall–Kier alpha value is -1.50. The number of methoxy groups -OCH3 is 1. The summed E-state index contributed by atoms with van der Waals surface area (Å²) < 4.78 is 11.2. The fourth-order valence-corrected chi connectivity index (χ4v) is 4.10. The highest BCUT2D eigenvalue weighted by Gasteiger charge is 2.25. The average Bonchev–Trinajstić information content (AvgIpc) is 2.69. The molecule has 0 saturated carbocycles. The Morgan fingerprint density at radius 1 is 1.15 bits per heavy atom. The standard InChI is InChI=1S/C20H34N4O2/c1-22-7-8-23-16-3-9-24(10-4-16)19-13-17(15-5-11-26-12-6-15)18(21)14-20(19)25-2/h13-16,22-23H,3-12,21H2,1-2H3. The molecule has 0 atom stereocenters. The topological polar surface area (TPSA) is 71.8 Å². The molecule has 6 heteroatoms. The SMILES string of the molecule is CNCCNC1CCN(c2cc(C3CCOCC3)c(N)cc2OC)CC1. The van der Waals surface area contributed by atoms with E-state index in [1.807, 2.05) is 13.1 Å². The maximum Gasteiger partial charge on any atom is 0.144 e. The molecular weight excluding hydrogens is 328 g/mol. The molecule has 146 valence electrons. The quantitative estimate of drug-likeness (QED) is 0.509. The highest BCUT2D eigenvalue weighted by molar-refractivity contribution is 5.68. The molecule has 2 fully saturated rings. The predicted molar refractivity (Wildman–Crippen MR) is 107 cm³/mol. The highest BCUT2D eigenvalue weighted by atomic mass is 16.5. The smallest absolute Gasteiger partial charge is 0.144 e. The lowest BCUT2D eigenvalue weighted by Crippen LogP contribution is -2.44.